The largest absolute Gasteiger partial charge is 0.304 e. The van der Waals surface area contributed by atoms with Crippen molar-refractivity contribution in [3.8, 4) is 0 Å². The van der Waals surface area contributed by atoms with Crippen molar-refractivity contribution in [2.45, 2.75) is 6.54 Å². The van der Waals surface area contributed by atoms with Gasteiger partial charge in [0.15, 0.2) is 0 Å². The van der Waals surface area contributed by atoms with Gasteiger partial charge in [-0.3, -0.25) is 4.79 Å². The zero-order valence-electron chi connectivity index (χ0n) is 14.0. The summed E-state index contributed by atoms with van der Waals surface area (Å²) in [6, 6.07) is 25.0. The molecule has 0 aliphatic rings. The highest BCUT2D eigenvalue weighted by Gasteiger charge is 2.14. The number of nitrogens with zero attached hydrogens (tertiary/aromatic N) is 1. The van der Waals surface area contributed by atoms with E-state index in [1.54, 1.807) is 11.0 Å². The topological polar surface area (TPSA) is 20.3 Å². The molecular formula is C22H17BrClNO. The molecule has 0 atom stereocenters. The molecule has 3 aromatic carbocycles. The Balaban J connectivity index is 1.86. The molecular weight excluding hydrogens is 410 g/mol. The standard InChI is InChI=1S/C22H17BrClNO/c23-19-9-13-21(14-10-19)25(16-18-6-11-20(24)12-7-18)22(26)15-8-17-4-2-1-3-5-17/h1-15H,16H2. The normalized spacial score (nSPS) is 10.8. The second-order valence-corrected chi connectivity index (χ2v) is 7.12. The van der Waals surface area contributed by atoms with E-state index in [-0.39, 0.29) is 5.91 Å². The Labute approximate surface area is 166 Å². The Morgan fingerprint density at radius 1 is 0.923 bits per heavy atom. The number of halogens is 2. The van der Waals surface area contributed by atoms with Crippen molar-refractivity contribution in [1.29, 1.82) is 0 Å². The fourth-order valence-corrected chi connectivity index (χ4v) is 2.90. The molecule has 0 fully saturated rings. The first kappa shape index (κ1) is 18.4. The van der Waals surface area contributed by atoms with Crippen molar-refractivity contribution in [1.82, 2.24) is 0 Å². The van der Waals surface area contributed by atoms with Gasteiger partial charge in [0, 0.05) is 21.3 Å². The fourth-order valence-electron chi connectivity index (χ4n) is 2.51. The van der Waals surface area contributed by atoms with Crippen molar-refractivity contribution in [2.75, 3.05) is 4.90 Å². The number of carbonyl (C=O) groups excluding carboxylic acids is 1. The summed E-state index contributed by atoms with van der Waals surface area (Å²) >= 11 is 9.40. The molecule has 0 bridgehead atoms. The lowest BCUT2D eigenvalue weighted by Gasteiger charge is -2.22. The van der Waals surface area contributed by atoms with Gasteiger partial charge in [-0.2, -0.15) is 0 Å². The van der Waals surface area contributed by atoms with Crippen LogP contribution in [0.3, 0.4) is 0 Å². The summed E-state index contributed by atoms with van der Waals surface area (Å²) < 4.78 is 0.972. The minimum Gasteiger partial charge on any atom is -0.304 e. The third-order valence-corrected chi connectivity index (χ3v) is 4.66. The highest BCUT2D eigenvalue weighted by atomic mass is 79.9. The average Bonchev–Trinajstić information content (AvgIpc) is 2.67. The first-order valence-corrected chi connectivity index (χ1v) is 9.33. The van der Waals surface area contributed by atoms with Crippen molar-refractivity contribution >= 4 is 45.2 Å². The number of rotatable bonds is 5. The number of carbonyl (C=O) groups is 1. The summed E-state index contributed by atoms with van der Waals surface area (Å²) in [4.78, 5) is 14.6. The summed E-state index contributed by atoms with van der Waals surface area (Å²) in [7, 11) is 0. The molecule has 2 nitrogen and oxygen atoms in total. The summed E-state index contributed by atoms with van der Waals surface area (Å²) in [5.74, 6) is -0.0777. The van der Waals surface area contributed by atoms with Gasteiger partial charge < -0.3 is 4.90 Å². The van der Waals surface area contributed by atoms with Crippen LogP contribution in [0.25, 0.3) is 6.08 Å². The predicted molar refractivity (Wildman–Crippen MR) is 112 cm³/mol. The molecule has 0 heterocycles. The lowest BCUT2D eigenvalue weighted by atomic mass is 10.1. The number of anilines is 1. The Bertz CT molecular complexity index is 890. The molecule has 0 unspecified atom stereocenters. The van der Waals surface area contributed by atoms with E-state index in [0.717, 1.165) is 21.3 Å². The number of hydrogen-bond acceptors (Lipinski definition) is 1. The van der Waals surface area contributed by atoms with Gasteiger partial charge in [0.2, 0.25) is 0 Å². The maximum absolute atomic E-state index is 12.9. The molecule has 1 amide bonds. The Morgan fingerprint density at radius 3 is 2.23 bits per heavy atom. The van der Waals surface area contributed by atoms with E-state index in [1.807, 2.05) is 84.9 Å². The van der Waals surface area contributed by atoms with Crippen molar-refractivity contribution in [3.05, 3.63) is 106 Å². The van der Waals surface area contributed by atoms with E-state index >= 15 is 0 Å². The molecule has 3 aromatic rings. The molecule has 0 aromatic heterocycles. The van der Waals surface area contributed by atoms with E-state index in [9.17, 15) is 4.79 Å². The molecule has 3 rings (SSSR count). The van der Waals surface area contributed by atoms with Gasteiger partial charge in [-0.05, 0) is 53.6 Å². The quantitative estimate of drug-likeness (QED) is 0.435. The number of benzene rings is 3. The molecule has 0 aliphatic carbocycles. The molecule has 0 aliphatic heterocycles. The first-order chi connectivity index (χ1) is 12.6. The molecule has 0 N–H and O–H groups in total. The molecule has 26 heavy (non-hydrogen) atoms. The second kappa shape index (κ2) is 8.84. The van der Waals surface area contributed by atoms with Crippen LogP contribution in [0.1, 0.15) is 11.1 Å². The summed E-state index contributed by atoms with van der Waals surface area (Å²) in [5, 5.41) is 0.680. The minimum atomic E-state index is -0.0777. The average molecular weight is 427 g/mol. The summed E-state index contributed by atoms with van der Waals surface area (Å²) in [6.45, 7) is 0.469. The Kier molecular flexibility index (Phi) is 6.26. The third kappa shape index (κ3) is 5.07. The minimum absolute atomic E-state index is 0.0777. The molecule has 0 saturated carbocycles. The molecule has 0 spiro atoms. The monoisotopic (exact) mass is 425 g/mol. The highest BCUT2D eigenvalue weighted by Crippen LogP contribution is 2.22. The lowest BCUT2D eigenvalue weighted by molar-refractivity contribution is -0.114. The maximum atomic E-state index is 12.9. The van der Waals surface area contributed by atoms with Crippen LogP contribution in [0.15, 0.2) is 89.4 Å². The summed E-state index contributed by atoms with van der Waals surface area (Å²) in [5.41, 5.74) is 2.84. The van der Waals surface area contributed by atoms with Crippen LogP contribution in [0, 0.1) is 0 Å². The maximum Gasteiger partial charge on any atom is 0.251 e. The third-order valence-electron chi connectivity index (χ3n) is 3.88. The van der Waals surface area contributed by atoms with Crippen LogP contribution >= 0.6 is 27.5 Å². The van der Waals surface area contributed by atoms with Crippen LogP contribution in [0.5, 0.6) is 0 Å². The van der Waals surface area contributed by atoms with Crippen LogP contribution in [-0.4, -0.2) is 5.91 Å². The van der Waals surface area contributed by atoms with E-state index < -0.39 is 0 Å². The highest BCUT2D eigenvalue weighted by molar-refractivity contribution is 9.10. The van der Waals surface area contributed by atoms with Gasteiger partial charge in [-0.15, -0.1) is 0 Å². The predicted octanol–water partition coefficient (Wildman–Crippen LogP) is 6.35. The summed E-state index contributed by atoms with van der Waals surface area (Å²) in [6.07, 6.45) is 3.43. The zero-order valence-corrected chi connectivity index (χ0v) is 16.3. The van der Waals surface area contributed by atoms with Gasteiger partial charge in [0.1, 0.15) is 0 Å². The van der Waals surface area contributed by atoms with Crippen LogP contribution in [-0.2, 0) is 11.3 Å². The van der Waals surface area contributed by atoms with Gasteiger partial charge >= 0.3 is 0 Å². The van der Waals surface area contributed by atoms with Crippen LogP contribution < -0.4 is 4.90 Å². The smallest absolute Gasteiger partial charge is 0.251 e. The van der Waals surface area contributed by atoms with E-state index in [4.69, 9.17) is 11.6 Å². The van der Waals surface area contributed by atoms with Gasteiger partial charge in [0.05, 0.1) is 6.54 Å². The van der Waals surface area contributed by atoms with E-state index in [1.165, 1.54) is 0 Å². The Hall–Kier alpha value is -2.36. The zero-order chi connectivity index (χ0) is 18.4. The number of amides is 1. The van der Waals surface area contributed by atoms with Gasteiger partial charge in [-0.1, -0.05) is 70.0 Å². The fraction of sp³-hybridized carbons (Fsp3) is 0.0455. The first-order valence-electron chi connectivity index (χ1n) is 8.16. The lowest BCUT2D eigenvalue weighted by Crippen LogP contribution is -2.28. The molecule has 0 radical (unpaired) electrons. The van der Waals surface area contributed by atoms with Crippen LogP contribution in [0.4, 0.5) is 5.69 Å². The van der Waals surface area contributed by atoms with Crippen molar-refractivity contribution in [3.63, 3.8) is 0 Å². The molecule has 4 heteroatoms. The molecule has 0 saturated heterocycles. The van der Waals surface area contributed by atoms with Gasteiger partial charge in [-0.25, -0.2) is 0 Å². The molecule has 130 valence electrons. The van der Waals surface area contributed by atoms with E-state index in [2.05, 4.69) is 15.9 Å². The van der Waals surface area contributed by atoms with Crippen molar-refractivity contribution < 1.29 is 4.79 Å². The van der Waals surface area contributed by atoms with Gasteiger partial charge in [0.25, 0.3) is 5.91 Å². The SMILES string of the molecule is O=C(C=Cc1ccccc1)N(Cc1ccc(Cl)cc1)c1ccc(Br)cc1. The van der Waals surface area contributed by atoms with Crippen LogP contribution in [0.2, 0.25) is 5.02 Å². The van der Waals surface area contributed by atoms with E-state index in [0.29, 0.717) is 11.6 Å². The number of hydrogen-bond donors (Lipinski definition) is 0. The second-order valence-electron chi connectivity index (χ2n) is 5.77. The van der Waals surface area contributed by atoms with Crippen molar-refractivity contribution in [2.24, 2.45) is 0 Å². The Morgan fingerprint density at radius 2 is 1.58 bits per heavy atom.